The Hall–Kier alpha value is -1.67. The van der Waals surface area contributed by atoms with E-state index in [-0.39, 0.29) is 5.69 Å². The molecule has 6 nitrogen and oxygen atoms in total. The van der Waals surface area contributed by atoms with E-state index in [1.165, 1.54) is 24.0 Å². The molecule has 0 saturated heterocycles. The molecule has 19 heavy (non-hydrogen) atoms. The van der Waals surface area contributed by atoms with Gasteiger partial charge in [-0.3, -0.25) is 10.1 Å². The molecule has 0 saturated carbocycles. The number of nitro groups is 1. The Balaban J connectivity index is 2.19. The number of nitrogens with two attached hydrogens (primary N) is 1. The lowest BCUT2D eigenvalue weighted by Gasteiger charge is -2.05. The van der Waals surface area contributed by atoms with Gasteiger partial charge in [0.25, 0.3) is 5.69 Å². The molecule has 8 heteroatoms. The van der Waals surface area contributed by atoms with Gasteiger partial charge in [-0.1, -0.05) is 23.9 Å². The van der Waals surface area contributed by atoms with E-state index in [1.807, 2.05) is 6.07 Å². The lowest BCUT2D eigenvalue weighted by molar-refractivity contribution is -0.385. The fourth-order valence-corrected chi connectivity index (χ4v) is 3.02. The van der Waals surface area contributed by atoms with Crippen LogP contribution in [0.1, 0.15) is 5.56 Å². The number of aromatic nitrogens is 2. The largest absolute Gasteiger partial charge is 0.381 e. The number of anilines is 1. The van der Waals surface area contributed by atoms with Gasteiger partial charge in [0, 0.05) is 24.2 Å². The standard InChI is InChI=1S/C11H9BrN4O2S/c12-9-7(2-1-3-8(9)16(17)18)6-19-11-10(13)14-4-5-15-11/h1-5H,6H2,(H2,13,14). The Morgan fingerprint density at radius 3 is 2.79 bits per heavy atom. The maximum Gasteiger partial charge on any atom is 0.283 e. The molecular formula is C11H9BrN4O2S. The lowest BCUT2D eigenvalue weighted by atomic mass is 10.2. The summed E-state index contributed by atoms with van der Waals surface area (Å²) in [7, 11) is 0. The van der Waals surface area contributed by atoms with Gasteiger partial charge in [-0.2, -0.15) is 0 Å². The molecule has 0 radical (unpaired) electrons. The van der Waals surface area contributed by atoms with E-state index in [0.717, 1.165) is 5.56 Å². The second kappa shape index (κ2) is 5.98. The van der Waals surface area contributed by atoms with Crippen molar-refractivity contribution in [1.82, 2.24) is 9.97 Å². The summed E-state index contributed by atoms with van der Waals surface area (Å²) in [6.07, 6.45) is 3.07. The van der Waals surface area contributed by atoms with Crippen molar-refractivity contribution in [3.8, 4) is 0 Å². The topological polar surface area (TPSA) is 94.9 Å². The molecule has 1 heterocycles. The fourth-order valence-electron chi connectivity index (χ4n) is 1.41. The van der Waals surface area contributed by atoms with Crippen LogP contribution in [-0.2, 0) is 5.75 Å². The minimum absolute atomic E-state index is 0.0465. The van der Waals surface area contributed by atoms with Crippen LogP contribution in [0.15, 0.2) is 40.1 Å². The highest BCUT2D eigenvalue weighted by Crippen LogP contribution is 2.33. The summed E-state index contributed by atoms with van der Waals surface area (Å²) < 4.78 is 0.481. The third-order valence-electron chi connectivity index (χ3n) is 2.31. The summed E-state index contributed by atoms with van der Waals surface area (Å²) in [5, 5.41) is 11.4. The van der Waals surface area contributed by atoms with Gasteiger partial charge in [0.1, 0.15) is 5.03 Å². The Kier molecular flexibility index (Phi) is 4.33. The van der Waals surface area contributed by atoms with Gasteiger partial charge < -0.3 is 5.73 Å². The lowest BCUT2D eigenvalue weighted by Crippen LogP contribution is -1.96. The number of halogens is 1. The zero-order valence-corrected chi connectivity index (χ0v) is 12.0. The van der Waals surface area contributed by atoms with Gasteiger partial charge in [0.2, 0.25) is 0 Å². The van der Waals surface area contributed by atoms with Crippen molar-refractivity contribution in [2.45, 2.75) is 10.8 Å². The predicted molar refractivity (Wildman–Crippen MR) is 76.8 cm³/mol. The smallest absolute Gasteiger partial charge is 0.283 e. The second-order valence-electron chi connectivity index (χ2n) is 3.54. The first kappa shape index (κ1) is 13.8. The number of nitrogens with zero attached hydrogens (tertiary/aromatic N) is 3. The molecule has 98 valence electrons. The molecule has 0 aliphatic rings. The van der Waals surface area contributed by atoms with Crippen LogP contribution in [0.5, 0.6) is 0 Å². The van der Waals surface area contributed by atoms with Gasteiger partial charge in [-0.05, 0) is 21.5 Å². The van der Waals surface area contributed by atoms with Crippen molar-refractivity contribution < 1.29 is 4.92 Å². The Morgan fingerprint density at radius 2 is 2.11 bits per heavy atom. The zero-order valence-electron chi connectivity index (χ0n) is 9.62. The first-order valence-electron chi connectivity index (χ1n) is 5.20. The first-order valence-corrected chi connectivity index (χ1v) is 6.98. The van der Waals surface area contributed by atoms with Crippen molar-refractivity contribution in [2.75, 3.05) is 5.73 Å². The number of nitrogen functional groups attached to an aromatic ring is 1. The quantitative estimate of drug-likeness (QED) is 0.522. The van der Waals surface area contributed by atoms with Crippen molar-refractivity contribution in [2.24, 2.45) is 0 Å². The summed E-state index contributed by atoms with van der Waals surface area (Å²) >= 11 is 4.64. The van der Waals surface area contributed by atoms with Crippen LogP contribution in [-0.4, -0.2) is 14.9 Å². The SMILES string of the molecule is Nc1nccnc1SCc1cccc([N+](=O)[O-])c1Br. The maximum absolute atomic E-state index is 10.8. The number of thioether (sulfide) groups is 1. The molecule has 1 aromatic heterocycles. The van der Waals surface area contributed by atoms with Crippen molar-refractivity contribution in [1.29, 1.82) is 0 Å². The van der Waals surface area contributed by atoms with Gasteiger partial charge in [0.15, 0.2) is 5.82 Å². The molecule has 0 fully saturated rings. The van der Waals surface area contributed by atoms with Crippen LogP contribution in [0.25, 0.3) is 0 Å². The van der Waals surface area contributed by atoms with E-state index < -0.39 is 4.92 Å². The second-order valence-corrected chi connectivity index (χ2v) is 5.30. The summed E-state index contributed by atoms with van der Waals surface area (Å²) in [5.41, 5.74) is 6.54. The van der Waals surface area contributed by atoms with Crippen LogP contribution >= 0.6 is 27.7 Å². The molecule has 2 rings (SSSR count). The number of nitro benzene ring substituents is 1. The van der Waals surface area contributed by atoms with Crippen molar-refractivity contribution in [3.63, 3.8) is 0 Å². The van der Waals surface area contributed by atoms with E-state index in [1.54, 1.807) is 12.3 Å². The Morgan fingerprint density at radius 1 is 1.37 bits per heavy atom. The van der Waals surface area contributed by atoms with Gasteiger partial charge in [0.05, 0.1) is 9.40 Å². The highest BCUT2D eigenvalue weighted by atomic mass is 79.9. The molecule has 0 amide bonds. The van der Waals surface area contributed by atoms with E-state index in [2.05, 4.69) is 25.9 Å². The van der Waals surface area contributed by atoms with Crippen LogP contribution in [0.2, 0.25) is 0 Å². The normalized spacial score (nSPS) is 10.4. The highest BCUT2D eigenvalue weighted by Gasteiger charge is 2.15. The minimum Gasteiger partial charge on any atom is -0.381 e. The molecule has 1 aromatic carbocycles. The molecule has 0 spiro atoms. The van der Waals surface area contributed by atoms with Crippen LogP contribution < -0.4 is 5.73 Å². The molecule has 0 atom stereocenters. The summed E-state index contributed by atoms with van der Waals surface area (Å²) in [6, 6.07) is 4.92. The number of benzene rings is 1. The average molecular weight is 341 g/mol. The molecule has 0 aliphatic carbocycles. The highest BCUT2D eigenvalue weighted by molar-refractivity contribution is 9.10. The minimum atomic E-state index is -0.422. The Bertz CT molecular complexity index is 623. The van der Waals surface area contributed by atoms with E-state index in [9.17, 15) is 10.1 Å². The summed E-state index contributed by atoms with van der Waals surface area (Å²) in [4.78, 5) is 18.4. The third kappa shape index (κ3) is 3.21. The van der Waals surface area contributed by atoms with Crippen molar-refractivity contribution >= 4 is 39.2 Å². The van der Waals surface area contributed by atoms with Crippen LogP contribution in [0, 0.1) is 10.1 Å². The molecule has 2 aromatic rings. The van der Waals surface area contributed by atoms with Crippen LogP contribution in [0.3, 0.4) is 0 Å². The van der Waals surface area contributed by atoms with Crippen LogP contribution in [0.4, 0.5) is 11.5 Å². The van der Waals surface area contributed by atoms with Gasteiger partial charge >= 0.3 is 0 Å². The monoisotopic (exact) mass is 340 g/mol. The maximum atomic E-state index is 10.8. The summed E-state index contributed by atoms with van der Waals surface area (Å²) in [6.45, 7) is 0. The summed E-state index contributed by atoms with van der Waals surface area (Å²) in [5.74, 6) is 0.875. The van der Waals surface area contributed by atoms with Crippen molar-refractivity contribution in [3.05, 3.63) is 50.7 Å². The van der Waals surface area contributed by atoms with Gasteiger partial charge in [-0.15, -0.1) is 0 Å². The molecule has 0 bridgehead atoms. The number of rotatable bonds is 4. The molecule has 0 aliphatic heterocycles. The fraction of sp³-hybridized carbons (Fsp3) is 0.0909. The number of hydrogen-bond donors (Lipinski definition) is 1. The predicted octanol–water partition coefficient (Wildman–Crippen LogP) is 3.02. The first-order chi connectivity index (χ1) is 9.09. The molecular weight excluding hydrogens is 332 g/mol. The third-order valence-corrected chi connectivity index (χ3v) is 4.27. The van der Waals surface area contributed by atoms with E-state index in [0.29, 0.717) is 21.1 Å². The average Bonchev–Trinajstić information content (AvgIpc) is 2.39. The molecule has 2 N–H and O–H groups in total. The Labute approximate surface area is 121 Å². The van der Waals surface area contributed by atoms with E-state index >= 15 is 0 Å². The number of hydrogen-bond acceptors (Lipinski definition) is 6. The molecule has 0 unspecified atom stereocenters. The van der Waals surface area contributed by atoms with Gasteiger partial charge in [-0.25, -0.2) is 9.97 Å². The van der Waals surface area contributed by atoms with E-state index in [4.69, 9.17) is 5.73 Å². The zero-order chi connectivity index (χ0) is 13.8.